The van der Waals surface area contributed by atoms with Crippen LogP contribution in [0.25, 0.3) is 33.3 Å². The Hall–Kier alpha value is -2.94. The molecule has 0 unspecified atom stereocenters. The van der Waals surface area contributed by atoms with Crippen LogP contribution < -0.4 is 0 Å². The van der Waals surface area contributed by atoms with E-state index in [0.717, 1.165) is 27.8 Å². The maximum Gasteiger partial charge on any atom is 0.125 e. The molecule has 4 aromatic rings. The number of benzene rings is 3. The molecule has 0 aliphatic carbocycles. The van der Waals surface area contributed by atoms with E-state index in [1.807, 2.05) is 30.3 Å². The van der Waals surface area contributed by atoms with Crippen molar-refractivity contribution in [3.8, 4) is 22.4 Å². The molecule has 0 fully saturated rings. The van der Waals surface area contributed by atoms with Gasteiger partial charge in [0.25, 0.3) is 0 Å². The fraction of sp³-hybridized carbons (Fsp3) is 0. The van der Waals surface area contributed by atoms with Crippen LogP contribution in [-0.4, -0.2) is 10.2 Å². The Bertz CT molecular complexity index is 942. The molecule has 0 saturated carbocycles. The van der Waals surface area contributed by atoms with Crippen molar-refractivity contribution in [3.05, 3.63) is 78.6 Å². The van der Waals surface area contributed by atoms with Crippen LogP contribution >= 0.6 is 0 Å². The van der Waals surface area contributed by atoms with Gasteiger partial charge in [-0.1, -0.05) is 48.5 Å². The molecule has 0 saturated heterocycles. The van der Waals surface area contributed by atoms with Gasteiger partial charge in [-0.3, -0.25) is 5.10 Å². The van der Waals surface area contributed by atoms with Crippen LogP contribution in [0.2, 0.25) is 0 Å². The van der Waals surface area contributed by atoms with Crippen LogP contribution in [0.1, 0.15) is 0 Å². The molecular formula is C19H13FN2. The molecule has 2 nitrogen and oxygen atoms in total. The number of H-pyrrole nitrogens is 1. The van der Waals surface area contributed by atoms with E-state index < -0.39 is 0 Å². The first-order chi connectivity index (χ1) is 10.8. The summed E-state index contributed by atoms with van der Waals surface area (Å²) >= 11 is 0. The molecule has 1 aromatic heterocycles. The number of aromatic nitrogens is 2. The lowest BCUT2D eigenvalue weighted by Crippen LogP contribution is -1.82. The average Bonchev–Trinajstić information content (AvgIpc) is 2.99. The number of fused-ring (bicyclic) bond motifs is 1. The number of hydrogen-bond donors (Lipinski definition) is 1. The molecule has 0 aliphatic rings. The third kappa shape index (κ3) is 2.17. The molecular weight excluding hydrogens is 275 g/mol. The number of halogens is 1. The van der Waals surface area contributed by atoms with Gasteiger partial charge in [0.05, 0.1) is 11.2 Å². The molecule has 22 heavy (non-hydrogen) atoms. The Morgan fingerprint density at radius 3 is 2.36 bits per heavy atom. The van der Waals surface area contributed by atoms with E-state index >= 15 is 0 Å². The van der Waals surface area contributed by atoms with E-state index in [-0.39, 0.29) is 5.82 Å². The fourth-order valence-corrected chi connectivity index (χ4v) is 2.69. The zero-order valence-electron chi connectivity index (χ0n) is 11.8. The van der Waals surface area contributed by atoms with Gasteiger partial charge < -0.3 is 0 Å². The minimum atomic E-state index is -0.263. The monoisotopic (exact) mass is 288 g/mol. The van der Waals surface area contributed by atoms with Crippen LogP contribution in [-0.2, 0) is 0 Å². The highest BCUT2D eigenvalue weighted by Crippen LogP contribution is 2.30. The first kappa shape index (κ1) is 12.8. The largest absolute Gasteiger partial charge is 0.277 e. The normalized spacial score (nSPS) is 11.0. The summed E-state index contributed by atoms with van der Waals surface area (Å²) in [5.74, 6) is -0.263. The van der Waals surface area contributed by atoms with Crippen molar-refractivity contribution in [3.63, 3.8) is 0 Å². The molecule has 0 bridgehead atoms. The van der Waals surface area contributed by atoms with E-state index in [9.17, 15) is 4.39 Å². The standard InChI is InChI=1S/C19H13FN2/c20-16-9-10-17-18(12-16)21-22-19(17)15-8-4-7-14(11-15)13-5-2-1-3-6-13/h1-12H,(H,21,22). The minimum absolute atomic E-state index is 0.263. The van der Waals surface area contributed by atoms with Gasteiger partial charge in [-0.15, -0.1) is 0 Å². The summed E-state index contributed by atoms with van der Waals surface area (Å²) in [6.45, 7) is 0. The van der Waals surface area contributed by atoms with Gasteiger partial charge in [-0.05, 0) is 35.4 Å². The molecule has 0 amide bonds. The van der Waals surface area contributed by atoms with Crippen molar-refractivity contribution in [1.82, 2.24) is 10.2 Å². The Kier molecular flexibility index (Phi) is 2.97. The minimum Gasteiger partial charge on any atom is -0.277 e. The topological polar surface area (TPSA) is 28.7 Å². The van der Waals surface area contributed by atoms with E-state index in [2.05, 4.69) is 34.5 Å². The van der Waals surface area contributed by atoms with Crippen molar-refractivity contribution in [1.29, 1.82) is 0 Å². The van der Waals surface area contributed by atoms with Crippen molar-refractivity contribution in [2.24, 2.45) is 0 Å². The van der Waals surface area contributed by atoms with Crippen molar-refractivity contribution >= 4 is 10.9 Å². The van der Waals surface area contributed by atoms with Gasteiger partial charge in [-0.2, -0.15) is 5.10 Å². The lowest BCUT2D eigenvalue weighted by atomic mass is 10.0. The lowest BCUT2D eigenvalue weighted by Gasteiger charge is -2.04. The quantitative estimate of drug-likeness (QED) is 0.550. The van der Waals surface area contributed by atoms with Crippen LogP contribution in [0.4, 0.5) is 4.39 Å². The second-order valence-corrected chi connectivity index (χ2v) is 5.21. The van der Waals surface area contributed by atoms with Gasteiger partial charge in [0.2, 0.25) is 0 Å². The number of rotatable bonds is 2. The molecule has 0 aliphatic heterocycles. The summed E-state index contributed by atoms with van der Waals surface area (Å²) in [6.07, 6.45) is 0. The van der Waals surface area contributed by atoms with Crippen molar-refractivity contribution in [2.75, 3.05) is 0 Å². The molecule has 0 atom stereocenters. The molecule has 3 aromatic carbocycles. The summed E-state index contributed by atoms with van der Waals surface area (Å²) in [7, 11) is 0. The molecule has 1 N–H and O–H groups in total. The number of nitrogens with one attached hydrogen (secondary N) is 1. The van der Waals surface area contributed by atoms with Gasteiger partial charge in [0.1, 0.15) is 5.82 Å². The molecule has 0 radical (unpaired) electrons. The fourth-order valence-electron chi connectivity index (χ4n) is 2.69. The lowest BCUT2D eigenvalue weighted by molar-refractivity contribution is 0.629. The summed E-state index contributed by atoms with van der Waals surface area (Å²) in [6, 6.07) is 23.1. The highest BCUT2D eigenvalue weighted by atomic mass is 19.1. The molecule has 106 valence electrons. The van der Waals surface area contributed by atoms with Gasteiger partial charge in [0.15, 0.2) is 0 Å². The molecule has 3 heteroatoms. The average molecular weight is 288 g/mol. The zero-order chi connectivity index (χ0) is 14.9. The summed E-state index contributed by atoms with van der Waals surface area (Å²) in [5.41, 5.74) is 4.86. The third-order valence-electron chi connectivity index (χ3n) is 3.77. The first-order valence-electron chi connectivity index (χ1n) is 7.11. The predicted molar refractivity (Wildman–Crippen MR) is 86.9 cm³/mol. The zero-order valence-corrected chi connectivity index (χ0v) is 11.8. The Morgan fingerprint density at radius 2 is 1.50 bits per heavy atom. The summed E-state index contributed by atoms with van der Waals surface area (Å²) in [4.78, 5) is 0. The summed E-state index contributed by atoms with van der Waals surface area (Å²) in [5, 5.41) is 8.17. The smallest absolute Gasteiger partial charge is 0.125 e. The Labute approximate surface area is 127 Å². The number of nitrogens with zero attached hydrogens (tertiary/aromatic N) is 1. The van der Waals surface area contributed by atoms with Crippen molar-refractivity contribution < 1.29 is 4.39 Å². The highest BCUT2D eigenvalue weighted by molar-refractivity contribution is 5.93. The van der Waals surface area contributed by atoms with Crippen molar-refractivity contribution in [2.45, 2.75) is 0 Å². The van der Waals surface area contributed by atoms with E-state index in [0.29, 0.717) is 5.52 Å². The van der Waals surface area contributed by atoms with Gasteiger partial charge in [-0.25, -0.2) is 4.39 Å². The Morgan fingerprint density at radius 1 is 0.727 bits per heavy atom. The highest BCUT2D eigenvalue weighted by Gasteiger charge is 2.09. The Balaban J connectivity index is 1.85. The number of hydrogen-bond acceptors (Lipinski definition) is 1. The predicted octanol–water partition coefficient (Wildman–Crippen LogP) is 5.04. The second-order valence-electron chi connectivity index (χ2n) is 5.21. The van der Waals surface area contributed by atoms with Gasteiger partial charge >= 0.3 is 0 Å². The van der Waals surface area contributed by atoms with Crippen LogP contribution in [0, 0.1) is 5.82 Å². The van der Waals surface area contributed by atoms with E-state index in [1.54, 1.807) is 6.07 Å². The van der Waals surface area contributed by atoms with E-state index in [1.165, 1.54) is 12.1 Å². The maximum atomic E-state index is 13.3. The molecule has 1 heterocycles. The number of aromatic amines is 1. The maximum absolute atomic E-state index is 13.3. The molecule has 0 spiro atoms. The summed E-state index contributed by atoms with van der Waals surface area (Å²) < 4.78 is 13.3. The SMILES string of the molecule is Fc1ccc2c(-c3cccc(-c4ccccc4)c3)n[nH]c2c1. The molecule has 4 rings (SSSR count). The van der Waals surface area contributed by atoms with Crippen LogP contribution in [0.5, 0.6) is 0 Å². The van der Waals surface area contributed by atoms with Crippen LogP contribution in [0.15, 0.2) is 72.8 Å². The first-order valence-corrected chi connectivity index (χ1v) is 7.11. The third-order valence-corrected chi connectivity index (χ3v) is 3.77. The van der Waals surface area contributed by atoms with E-state index in [4.69, 9.17) is 0 Å². The van der Waals surface area contributed by atoms with Gasteiger partial charge in [0, 0.05) is 10.9 Å². The second kappa shape index (κ2) is 5.11. The van der Waals surface area contributed by atoms with Crippen LogP contribution in [0.3, 0.4) is 0 Å².